The Hall–Kier alpha value is -1.39. The first kappa shape index (κ1) is 16.5. The molecular formula is C18H28N2O3. The Kier molecular flexibility index (Phi) is 5.34. The molecule has 3 rings (SSSR count). The van der Waals surface area contributed by atoms with E-state index in [1.54, 1.807) is 0 Å². The van der Waals surface area contributed by atoms with Crippen molar-refractivity contribution >= 4 is 17.7 Å². The number of carbonyl (C=O) groups excluding carboxylic acids is 3. The van der Waals surface area contributed by atoms with E-state index in [2.05, 4.69) is 5.32 Å². The number of hydrogen-bond acceptors (Lipinski definition) is 3. The van der Waals surface area contributed by atoms with E-state index in [1.807, 2.05) is 0 Å². The van der Waals surface area contributed by atoms with Crippen molar-refractivity contribution in [3.05, 3.63) is 0 Å². The van der Waals surface area contributed by atoms with E-state index in [0.717, 1.165) is 51.4 Å². The summed E-state index contributed by atoms with van der Waals surface area (Å²) < 4.78 is 0. The van der Waals surface area contributed by atoms with Gasteiger partial charge in [0, 0.05) is 6.04 Å². The Bertz CT molecular complexity index is 445. The molecule has 2 atom stereocenters. The summed E-state index contributed by atoms with van der Waals surface area (Å²) in [5.41, 5.74) is 0. The molecule has 0 aromatic rings. The fraction of sp³-hybridized carbons (Fsp3) is 0.833. The van der Waals surface area contributed by atoms with Crippen LogP contribution in [0.4, 0.5) is 0 Å². The highest BCUT2D eigenvalue weighted by atomic mass is 16.2. The molecule has 3 amide bonds. The first-order valence-electron chi connectivity index (χ1n) is 9.31. The molecule has 128 valence electrons. The Morgan fingerprint density at radius 2 is 1.30 bits per heavy atom. The topological polar surface area (TPSA) is 66.5 Å². The number of nitrogens with zero attached hydrogens (tertiary/aromatic N) is 1. The number of likely N-dealkylation sites (tertiary alicyclic amines) is 1. The minimum Gasteiger partial charge on any atom is -0.352 e. The zero-order valence-corrected chi connectivity index (χ0v) is 13.9. The maximum Gasteiger partial charge on any atom is 0.240 e. The van der Waals surface area contributed by atoms with Gasteiger partial charge in [0.05, 0.1) is 11.8 Å². The highest BCUT2D eigenvalue weighted by Gasteiger charge is 2.48. The number of fused-ring (bicyclic) bond motifs is 1. The first-order chi connectivity index (χ1) is 11.2. The third-order valence-corrected chi connectivity index (χ3v) is 5.70. The molecule has 1 N–H and O–H groups in total. The van der Waals surface area contributed by atoms with Crippen molar-refractivity contribution < 1.29 is 14.4 Å². The molecule has 2 saturated carbocycles. The van der Waals surface area contributed by atoms with Crippen LogP contribution in [0, 0.1) is 11.8 Å². The van der Waals surface area contributed by atoms with Crippen molar-refractivity contribution in [1.29, 1.82) is 0 Å². The van der Waals surface area contributed by atoms with Gasteiger partial charge in [-0.3, -0.25) is 19.3 Å². The van der Waals surface area contributed by atoms with Crippen LogP contribution in [0.15, 0.2) is 0 Å². The van der Waals surface area contributed by atoms with E-state index in [0.29, 0.717) is 0 Å². The fourth-order valence-corrected chi connectivity index (χ4v) is 4.40. The summed E-state index contributed by atoms with van der Waals surface area (Å²) in [6, 6.07) is 0.206. The third kappa shape index (κ3) is 3.75. The van der Waals surface area contributed by atoms with Crippen molar-refractivity contribution in [1.82, 2.24) is 10.2 Å². The van der Waals surface area contributed by atoms with Gasteiger partial charge in [-0.25, -0.2) is 0 Å². The summed E-state index contributed by atoms with van der Waals surface area (Å²) in [5, 5.41) is 3.05. The number of rotatable bonds is 3. The van der Waals surface area contributed by atoms with Crippen LogP contribution in [0.3, 0.4) is 0 Å². The highest BCUT2D eigenvalue weighted by molar-refractivity contribution is 6.07. The van der Waals surface area contributed by atoms with E-state index in [1.165, 1.54) is 24.2 Å². The van der Waals surface area contributed by atoms with Crippen molar-refractivity contribution in [2.45, 2.75) is 76.7 Å². The van der Waals surface area contributed by atoms with Gasteiger partial charge in [-0.1, -0.05) is 44.9 Å². The number of amides is 3. The SMILES string of the molecule is O=C(CN1C(=O)[C@H]2CCCC[C@H]2C1=O)NC1CCCCCCC1. The molecule has 2 aliphatic carbocycles. The Labute approximate surface area is 138 Å². The molecule has 1 aliphatic heterocycles. The highest BCUT2D eigenvalue weighted by Crippen LogP contribution is 2.37. The standard InChI is InChI=1S/C18H28N2O3/c21-16(19-13-8-4-2-1-3-5-9-13)12-20-17(22)14-10-6-7-11-15(14)18(20)23/h13-15H,1-12H2,(H,19,21)/t14-,15+. The lowest BCUT2D eigenvalue weighted by atomic mass is 9.81. The van der Waals surface area contributed by atoms with Crippen molar-refractivity contribution in [3.8, 4) is 0 Å². The van der Waals surface area contributed by atoms with Gasteiger partial charge in [-0.2, -0.15) is 0 Å². The molecule has 0 unspecified atom stereocenters. The molecule has 5 nitrogen and oxygen atoms in total. The molecular weight excluding hydrogens is 292 g/mol. The molecule has 0 bridgehead atoms. The van der Waals surface area contributed by atoms with Crippen LogP contribution in [0.25, 0.3) is 0 Å². The lowest BCUT2D eigenvalue weighted by Gasteiger charge is -2.22. The van der Waals surface area contributed by atoms with Crippen LogP contribution in [-0.2, 0) is 14.4 Å². The van der Waals surface area contributed by atoms with Gasteiger partial charge < -0.3 is 5.32 Å². The van der Waals surface area contributed by atoms with Crippen LogP contribution in [0.2, 0.25) is 0 Å². The summed E-state index contributed by atoms with van der Waals surface area (Å²) >= 11 is 0. The van der Waals surface area contributed by atoms with Crippen LogP contribution in [0.1, 0.15) is 70.6 Å². The van der Waals surface area contributed by atoms with Crippen LogP contribution < -0.4 is 5.32 Å². The molecule has 5 heteroatoms. The van der Waals surface area contributed by atoms with E-state index in [-0.39, 0.29) is 42.1 Å². The molecule has 1 heterocycles. The van der Waals surface area contributed by atoms with Gasteiger partial charge >= 0.3 is 0 Å². The Balaban J connectivity index is 1.54. The van der Waals surface area contributed by atoms with E-state index in [4.69, 9.17) is 0 Å². The van der Waals surface area contributed by atoms with Crippen LogP contribution in [-0.4, -0.2) is 35.2 Å². The van der Waals surface area contributed by atoms with E-state index >= 15 is 0 Å². The van der Waals surface area contributed by atoms with Crippen LogP contribution >= 0.6 is 0 Å². The minimum absolute atomic E-state index is 0.0822. The second kappa shape index (κ2) is 7.45. The van der Waals surface area contributed by atoms with Crippen molar-refractivity contribution in [2.75, 3.05) is 6.54 Å². The zero-order chi connectivity index (χ0) is 16.2. The average Bonchev–Trinajstić information content (AvgIpc) is 2.75. The summed E-state index contributed by atoms with van der Waals surface area (Å²) in [6.45, 7) is -0.0822. The van der Waals surface area contributed by atoms with Crippen molar-refractivity contribution in [2.24, 2.45) is 11.8 Å². The molecule has 0 aromatic carbocycles. The van der Waals surface area contributed by atoms with Crippen molar-refractivity contribution in [3.63, 3.8) is 0 Å². The van der Waals surface area contributed by atoms with Gasteiger partial charge in [0.2, 0.25) is 17.7 Å². The maximum absolute atomic E-state index is 12.4. The summed E-state index contributed by atoms with van der Waals surface area (Å²) in [7, 11) is 0. The average molecular weight is 320 g/mol. The van der Waals surface area contributed by atoms with Gasteiger partial charge in [-0.05, 0) is 25.7 Å². The molecule has 0 radical (unpaired) electrons. The third-order valence-electron chi connectivity index (χ3n) is 5.70. The number of nitrogens with one attached hydrogen (secondary N) is 1. The Morgan fingerprint density at radius 3 is 1.87 bits per heavy atom. The lowest BCUT2D eigenvalue weighted by Crippen LogP contribution is -2.44. The smallest absolute Gasteiger partial charge is 0.240 e. The molecule has 23 heavy (non-hydrogen) atoms. The Morgan fingerprint density at radius 1 is 0.826 bits per heavy atom. The number of hydrogen-bond donors (Lipinski definition) is 1. The molecule has 3 aliphatic rings. The largest absolute Gasteiger partial charge is 0.352 e. The maximum atomic E-state index is 12.4. The van der Waals surface area contributed by atoms with E-state index < -0.39 is 0 Å². The summed E-state index contributed by atoms with van der Waals surface area (Å²) in [5.74, 6) is -0.730. The molecule has 0 spiro atoms. The van der Waals surface area contributed by atoms with Gasteiger partial charge in [0.1, 0.15) is 6.54 Å². The normalized spacial score (nSPS) is 29.8. The predicted octanol–water partition coefficient (Wildman–Crippen LogP) is 2.39. The van der Waals surface area contributed by atoms with Gasteiger partial charge in [0.25, 0.3) is 0 Å². The van der Waals surface area contributed by atoms with Gasteiger partial charge in [0.15, 0.2) is 0 Å². The molecule has 1 saturated heterocycles. The molecule has 0 aromatic heterocycles. The number of imide groups is 1. The number of carbonyl (C=O) groups is 3. The predicted molar refractivity (Wildman–Crippen MR) is 86.4 cm³/mol. The van der Waals surface area contributed by atoms with Crippen LogP contribution in [0.5, 0.6) is 0 Å². The quantitative estimate of drug-likeness (QED) is 0.812. The zero-order valence-electron chi connectivity index (χ0n) is 13.9. The second-order valence-electron chi connectivity index (χ2n) is 7.37. The molecule has 3 fully saturated rings. The second-order valence-corrected chi connectivity index (χ2v) is 7.37. The fourth-order valence-electron chi connectivity index (χ4n) is 4.40. The summed E-state index contributed by atoms with van der Waals surface area (Å²) in [4.78, 5) is 38.3. The first-order valence-corrected chi connectivity index (χ1v) is 9.31. The monoisotopic (exact) mass is 320 g/mol. The lowest BCUT2D eigenvalue weighted by molar-refractivity contribution is -0.143. The van der Waals surface area contributed by atoms with Gasteiger partial charge in [-0.15, -0.1) is 0 Å². The van der Waals surface area contributed by atoms with E-state index in [9.17, 15) is 14.4 Å². The summed E-state index contributed by atoms with van der Waals surface area (Å²) in [6.07, 6.45) is 11.7. The minimum atomic E-state index is -0.170.